The largest absolute Gasteiger partial charge is 0.0955 e. The van der Waals surface area contributed by atoms with Gasteiger partial charge in [-0.05, 0) is 65.7 Å². The second-order valence-electron chi connectivity index (χ2n) is 6.53. The SMILES string of the molecule is C=C(C=CC1=CCc2ccccc2C1=C)Cc1cccc(C)c1C. The van der Waals surface area contributed by atoms with Crippen molar-refractivity contribution in [2.24, 2.45) is 0 Å². The predicted octanol–water partition coefficient (Wildman–Crippen LogP) is 6.15. The van der Waals surface area contributed by atoms with Crippen LogP contribution < -0.4 is 0 Å². The summed E-state index contributed by atoms with van der Waals surface area (Å²) in [4.78, 5) is 0. The molecule has 0 aromatic heterocycles. The van der Waals surface area contributed by atoms with E-state index in [1.165, 1.54) is 33.4 Å². The van der Waals surface area contributed by atoms with Gasteiger partial charge in [-0.3, -0.25) is 0 Å². The van der Waals surface area contributed by atoms with E-state index in [2.05, 4.69) is 87.7 Å². The van der Waals surface area contributed by atoms with E-state index in [1.807, 2.05) is 0 Å². The number of fused-ring (bicyclic) bond motifs is 1. The Morgan fingerprint density at radius 3 is 2.71 bits per heavy atom. The van der Waals surface area contributed by atoms with Crippen LogP contribution in [0.2, 0.25) is 0 Å². The Morgan fingerprint density at radius 2 is 1.88 bits per heavy atom. The molecule has 120 valence electrons. The number of benzene rings is 2. The van der Waals surface area contributed by atoms with Crippen molar-refractivity contribution in [1.29, 1.82) is 0 Å². The van der Waals surface area contributed by atoms with Gasteiger partial charge in [-0.2, -0.15) is 0 Å². The number of hydrogen-bond acceptors (Lipinski definition) is 0. The van der Waals surface area contributed by atoms with E-state index < -0.39 is 0 Å². The van der Waals surface area contributed by atoms with Gasteiger partial charge in [-0.25, -0.2) is 0 Å². The van der Waals surface area contributed by atoms with Gasteiger partial charge in [0.2, 0.25) is 0 Å². The normalized spacial score (nSPS) is 13.8. The zero-order valence-electron chi connectivity index (χ0n) is 14.6. The maximum atomic E-state index is 4.28. The molecule has 0 unspecified atom stereocenters. The molecule has 2 aromatic carbocycles. The number of aryl methyl sites for hydroxylation is 1. The summed E-state index contributed by atoms with van der Waals surface area (Å²) < 4.78 is 0. The maximum absolute atomic E-state index is 4.28. The Kier molecular flexibility index (Phi) is 4.66. The average Bonchev–Trinajstić information content (AvgIpc) is 2.59. The highest BCUT2D eigenvalue weighted by Crippen LogP contribution is 2.31. The third-order valence-corrected chi connectivity index (χ3v) is 4.87. The Hall–Kier alpha value is -2.60. The van der Waals surface area contributed by atoms with E-state index in [1.54, 1.807) is 0 Å². The molecule has 1 aliphatic carbocycles. The summed E-state index contributed by atoms with van der Waals surface area (Å²) in [6.45, 7) is 12.8. The number of rotatable bonds is 4. The predicted molar refractivity (Wildman–Crippen MR) is 105 cm³/mol. The lowest BCUT2D eigenvalue weighted by Crippen LogP contribution is -2.00. The fraction of sp³-hybridized carbons (Fsp3) is 0.167. The highest BCUT2D eigenvalue weighted by atomic mass is 14.2. The third-order valence-electron chi connectivity index (χ3n) is 4.87. The lowest BCUT2D eigenvalue weighted by Gasteiger charge is -2.17. The Balaban J connectivity index is 1.72. The molecule has 0 N–H and O–H groups in total. The third kappa shape index (κ3) is 3.33. The van der Waals surface area contributed by atoms with Crippen LogP contribution in [0.1, 0.15) is 27.8 Å². The molecule has 0 spiro atoms. The molecule has 0 radical (unpaired) electrons. The molecule has 0 aliphatic heterocycles. The molecule has 0 saturated heterocycles. The minimum absolute atomic E-state index is 0.889. The summed E-state index contributed by atoms with van der Waals surface area (Å²) in [5, 5.41) is 0. The van der Waals surface area contributed by atoms with E-state index >= 15 is 0 Å². The fourth-order valence-corrected chi connectivity index (χ4v) is 3.17. The molecule has 24 heavy (non-hydrogen) atoms. The molecule has 0 atom stereocenters. The standard InChI is InChI=1S/C24H24/c1-17(16-23-10-7-8-18(2)19(23)3)12-13-21-14-15-22-9-5-6-11-24(22)20(21)4/h5-14H,1,4,15-16H2,2-3H3. The first-order valence-electron chi connectivity index (χ1n) is 8.45. The van der Waals surface area contributed by atoms with Crippen LogP contribution in [0.3, 0.4) is 0 Å². The van der Waals surface area contributed by atoms with E-state index in [0.29, 0.717) is 0 Å². The van der Waals surface area contributed by atoms with Gasteiger partial charge in [0.1, 0.15) is 0 Å². The monoisotopic (exact) mass is 312 g/mol. The quantitative estimate of drug-likeness (QED) is 0.594. The van der Waals surface area contributed by atoms with Crippen LogP contribution in [0, 0.1) is 13.8 Å². The van der Waals surface area contributed by atoms with Gasteiger partial charge < -0.3 is 0 Å². The summed E-state index contributed by atoms with van der Waals surface area (Å²) in [6.07, 6.45) is 8.41. The van der Waals surface area contributed by atoms with Crippen LogP contribution in [0.15, 0.2) is 85.0 Å². The van der Waals surface area contributed by atoms with Crippen LogP contribution >= 0.6 is 0 Å². The highest BCUT2D eigenvalue weighted by molar-refractivity contribution is 5.83. The molecule has 2 aromatic rings. The smallest absolute Gasteiger partial charge is 0.00289 e. The summed E-state index contributed by atoms with van der Waals surface area (Å²) in [5.41, 5.74) is 10.1. The van der Waals surface area contributed by atoms with Crippen LogP contribution in [0.4, 0.5) is 0 Å². The maximum Gasteiger partial charge on any atom is -0.00289 e. The van der Waals surface area contributed by atoms with Gasteiger partial charge in [0.05, 0.1) is 0 Å². The average molecular weight is 312 g/mol. The molecule has 0 bridgehead atoms. The molecule has 0 heterocycles. The van der Waals surface area contributed by atoms with Crippen molar-refractivity contribution >= 4 is 5.57 Å². The van der Waals surface area contributed by atoms with Crippen molar-refractivity contribution in [3.05, 3.63) is 113 Å². The summed E-state index contributed by atoms with van der Waals surface area (Å²) in [7, 11) is 0. The van der Waals surface area contributed by atoms with E-state index in [4.69, 9.17) is 0 Å². The fourth-order valence-electron chi connectivity index (χ4n) is 3.17. The minimum Gasteiger partial charge on any atom is -0.0955 e. The summed E-state index contributed by atoms with van der Waals surface area (Å²) in [5.74, 6) is 0. The highest BCUT2D eigenvalue weighted by Gasteiger charge is 2.12. The van der Waals surface area contributed by atoms with E-state index in [-0.39, 0.29) is 0 Å². The second-order valence-corrected chi connectivity index (χ2v) is 6.53. The molecule has 0 nitrogen and oxygen atoms in total. The number of hydrogen-bond donors (Lipinski definition) is 0. The second kappa shape index (κ2) is 6.88. The van der Waals surface area contributed by atoms with Gasteiger partial charge in [0, 0.05) is 0 Å². The van der Waals surface area contributed by atoms with Gasteiger partial charge in [0.15, 0.2) is 0 Å². The van der Waals surface area contributed by atoms with E-state index in [9.17, 15) is 0 Å². The Bertz CT molecular complexity index is 859. The Morgan fingerprint density at radius 1 is 1.08 bits per heavy atom. The Labute approximate surface area is 145 Å². The zero-order valence-corrected chi connectivity index (χ0v) is 14.6. The van der Waals surface area contributed by atoms with Gasteiger partial charge in [-0.1, -0.05) is 79.4 Å². The molecule has 0 fully saturated rings. The van der Waals surface area contributed by atoms with Crippen molar-refractivity contribution < 1.29 is 0 Å². The van der Waals surface area contributed by atoms with Crippen molar-refractivity contribution in [2.75, 3.05) is 0 Å². The molecular formula is C24H24. The van der Waals surface area contributed by atoms with Crippen molar-refractivity contribution in [1.82, 2.24) is 0 Å². The molecule has 1 aliphatic rings. The van der Waals surface area contributed by atoms with Crippen LogP contribution in [0.5, 0.6) is 0 Å². The van der Waals surface area contributed by atoms with Crippen molar-refractivity contribution in [2.45, 2.75) is 26.7 Å². The first-order chi connectivity index (χ1) is 11.6. The van der Waals surface area contributed by atoms with Gasteiger partial charge in [-0.15, -0.1) is 0 Å². The van der Waals surface area contributed by atoms with Crippen LogP contribution in [0.25, 0.3) is 5.57 Å². The topological polar surface area (TPSA) is 0 Å². The molecule has 0 saturated carbocycles. The zero-order chi connectivity index (χ0) is 17.1. The molecule has 0 amide bonds. The van der Waals surface area contributed by atoms with E-state index in [0.717, 1.165) is 24.0 Å². The first-order valence-corrected chi connectivity index (χ1v) is 8.45. The molecule has 0 heteroatoms. The lowest BCUT2D eigenvalue weighted by atomic mass is 9.87. The minimum atomic E-state index is 0.889. The van der Waals surface area contributed by atoms with Crippen molar-refractivity contribution in [3.8, 4) is 0 Å². The summed E-state index contributed by atoms with van der Waals surface area (Å²) >= 11 is 0. The van der Waals surface area contributed by atoms with Crippen LogP contribution in [-0.2, 0) is 12.8 Å². The molecule has 3 rings (SSSR count). The van der Waals surface area contributed by atoms with Crippen molar-refractivity contribution in [3.63, 3.8) is 0 Å². The summed E-state index contributed by atoms with van der Waals surface area (Å²) in [6, 6.07) is 15.0. The van der Waals surface area contributed by atoms with Crippen LogP contribution in [-0.4, -0.2) is 0 Å². The first kappa shape index (κ1) is 16.3. The van der Waals surface area contributed by atoms with Gasteiger partial charge >= 0.3 is 0 Å². The lowest BCUT2D eigenvalue weighted by molar-refractivity contribution is 1.14. The number of allylic oxidation sites excluding steroid dienone is 6. The molecular weight excluding hydrogens is 288 g/mol. The van der Waals surface area contributed by atoms with Gasteiger partial charge in [0.25, 0.3) is 0 Å².